The van der Waals surface area contributed by atoms with Crippen molar-refractivity contribution in [1.82, 2.24) is 0 Å². The zero-order valence-electron chi connectivity index (χ0n) is 8.29. The van der Waals surface area contributed by atoms with Crippen LogP contribution in [0.2, 0.25) is 0 Å². The van der Waals surface area contributed by atoms with Crippen LogP contribution >= 0.6 is 28.6 Å². The summed E-state index contributed by atoms with van der Waals surface area (Å²) in [6, 6.07) is 6.25. The Bertz CT molecular complexity index is 289. The van der Waals surface area contributed by atoms with E-state index in [-0.39, 0.29) is 0 Å². The third-order valence-corrected chi connectivity index (χ3v) is 2.86. The minimum atomic E-state index is 0.703. The van der Waals surface area contributed by atoms with Crippen LogP contribution in [0.4, 0.5) is 0 Å². The summed E-state index contributed by atoms with van der Waals surface area (Å²) in [6.07, 6.45) is 2.19. The molecule has 0 radical (unpaired) electrons. The van der Waals surface area contributed by atoms with Gasteiger partial charge in [-0.1, -0.05) is 6.07 Å². The van der Waals surface area contributed by atoms with E-state index in [2.05, 4.69) is 40.7 Å². The molecule has 0 aromatic heterocycles. The van der Waals surface area contributed by atoms with Crippen LogP contribution in [0.5, 0.6) is 5.75 Å². The van der Waals surface area contributed by atoms with E-state index in [1.54, 1.807) is 0 Å². The quantitative estimate of drug-likeness (QED) is 0.806. The monoisotopic (exact) mass is 274 g/mol. The summed E-state index contributed by atoms with van der Waals surface area (Å²) in [6.45, 7) is 2.69. The molecule has 0 heterocycles. The summed E-state index contributed by atoms with van der Waals surface area (Å²) in [4.78, 5) is 0. The lowest BCUT2D eigenvalue weighted by Gasteiger charge is -2.07. The van der Waals surface area contributed by atoms with Crippen molar-refractivity contribution < 1.29 is 4.74 Å². The Kier molecular flexibility index (Phi) is 5.41. The van der Waals surface area contributed by atoms with Gasteiger partial charge in [0.05, 0.1) is 11.1 Å². The number of aryl methyl sites for hydroxylation is 1. The molecule has 0 saturated carbocycles. The maximum Gasteiger partial charge on any atom is 0.133 e. The molecule has 3 heteroatoms. The number of halogens is 1. The van der Waals surface area contributed by atoms with Crippen molar-refractivity contribution in [3.8, 4) is 5.75 Å². The Morgan fingerprint density at radius 3 is 2.79 bits per heavy atom. The van der Waals surface area contributed by atoms with Crippen molar-refractivity contribution >= 4 is 28.6 Å². The summed E-state index contributed by atoms with van der Waals surface area (Å²) >= 11 is 7.69. The van der Waals surface area contributed by atoms with Crippen LogP contribution in [-0.2, 0) is 6.42 Å². The first-order valence-corrected chi connectivity index (χ1v) is 6.22. The van der Waals surface area contributed by atoms with Crippen LogP contribution < -0.4 is 4.74 Å². The number of hydrogen-bond donors (Lipinski definition) is 1. The van der Waals surface area contributed by atoms with Gasteiger partial charge < -0.3 is 4.74 Å². The topological polar surface area (TPSA) is 9.23 Å². The normalized spacial score (nSPS) is 10.2. The first-order chi connectivity index (χ1) is 6.77. The molecule has 0 amide bonds. The van der Waals surface area contributed by atoms with Gasteiger partial charge >= 0.3 is 0 Å². The Morgan fingerprint density at radius 2 is 2.21 bits per heavy atom. The molecule has 1 rings (SSSR count). The van der Waals surface area contributed by atoms with Gasteiger partial charge in [-0.15, -0.1) is 0 Å². The maximum atomic E-state index is 5.43. The highest BCUT2D eigenvalue weighted by Gasteiger charge is 2.01. The molecule has 0 fully saturated rings. The summed E-state index contributed by atoms with van der Waals surface area (Å²) < 4.78 is 6.47. The minimum Gasteiger partial charge on any atom is -0.493 e. The number of hydrogen-bond acceptors (Lipinski definition) is 2. The highest BCUT2D eigenvalue weighted by atomic mass is 79.9. The second-order valence-corrected chi connectivity index (χ2v) is 4.33. The van der Waals surface area contributed by atoms with Gasteiger partial charge in [0.2, 0.25) is 0 Å². The Hall–Kier alpha value is -0.150. The standard InChI is InChI=1S/C11H15BrOS/c1-2-13-11-6-5-9(4-3-7-14)8-10(11)12/h5-6,8,14H,2-4,7H2,1H3. The lowest BCUT2D eigenvalue weighted by Crippen LogP contribution is -1.93. The van der Waals surface area contributed by atoms with Gasteiger partial charge in [-0.25, -0.2) is 0 Å². The molecule has 0 unspecified atom stereocenters. The van der Waals surface area contributed by atoms with Gasteiger partial charge in [0.1, 0.15) is 5.75 Å². The van der Waals surface area contributed by atoms with E-state index in [1.807, 2.05) is 13.0 Å². The number of thiol groups is 1. The summed E-state index contributed by atoms with van der Waals surface area (Å²) in [5.74, 6) is 1.85. The lowest BCUT2D eigenvalue weighted by molar-refractivity contribution is 0.338. The molecule has 1 aromatic carbocycles. The maximum absolute atomic E-state index is 5.43. The van der Waals surface area contributed by atoms with Crippen LogP contribution in [0.3, 0.4) is 0 Å². The Morgan fingerprint density at radius 1 is 1.43 bits per heavy atom. The number of rotatable bonds is 5. The average Bonchev–Trinajstić information content (AvgIpc) is 2.19. The van der Waals surface area contributed by atoms with Gasteiger partial charge in [0, 0.05) is 0 Å². The molecule has 0 spiro atoms. The van der Waals surface area contributed by atoms with Crippen molar-refractivity contribution in [2.45, 2.75) is 19.8 Å². The van der Waals surface area contributed by atoms with Crippen LogP contribution in [0.1, 0.15) is 18.9 Å². The Balaban J connectivity index is 2.68. The number of benzene rings is 1. The number of ether oxygens (including phenoxy) is 1. The molecule has 1 nitrogen and oxygen atoms in total. The first-order valence-electron chi connectivity index (χ1n) is 4.80. The largest absolute Gasteiger partial charge is 0.493 e. The van der Waals surface area contributed by atoms with Crippen LogP contribution in [-0.4, -0.2) is 12.4 Å². The zero-order valence-corrected chi connectivity index (χ0v) is 10.8. The van der Waals surface area contributed by atoms with Gasteiger partial charge in [0.15, 0.2) is 0 Å². The van der Waals surface area contributed by atoms with Gasteiger partial charge in [0.25, 0.3) is 0 Å². The van der Waals surface area contributed by atoms with E-state index in [4.69, 9.17) is 4.74 Å². The third kappa shape index (κ3) is 3.54. The molecule has 0 aliphatic carbocycles. The summed E-state index contributed by atoms with van der Waals surface area (Å²) in [5, 5.41) is 0. The van der Waals surface area contributed by atoms with Crippen molar-refractivity contribution in [3.05, 3.63) is 28.2 Å². The molecule has 14 heavy (non-hydrogen) atoms. The molecule has 0 aliphatic rings. The third-order valence-electron chi connectivity index (χ3n) is 1.92. The molecular weight excluding hydrogens is 260 g/mol. The van der Waals surface area contributed by atoms with E-state index < -0.39 is 0 Å². The van der Waals surface area contributed by atoms with Gasteiger partial charge in [-0.2, -0.15) is 12.6 Å². The molecule has 0 saturated heterocycles. The Labute approximate surface area is 99.4 Å². The molecule has 0 bridgehead atoms. The van der Waals surface area contributed by atoms with Crippen LogP contribution in [0, 0.1) is 0 Å². The fraction of sp³-hybridized carbons (Fsp3) is 0.455. The smallest absolute Gasteiger partial charge is 0.133 e. The van der Waals surface area contributed by atoms with E-state index in [0.717, 1.165) is 28.8 Å². The predicted molar refractivity (Wildman–Crippen MR) is 67.5 cm³/mol. The van der Waals surface area contributed by atoms with Gasteiger partial charge in [-0.3, -0.25) is 0 Å². The molecule has 0 aliphatic heterocycles. The van der Waals surface area contributed by atoms with Gasteiger partial charge in [-0.05, 0) is 59.1 Å². The van der Waals surface area contributed by atoms with Crippen LogP contribution in [0.15, 0.2) is 22.7 Å². The fourth-order valence-corrected chi connectivity index (χ4v) is 1.95. The molecule has 0 atom stereocenters. The zero-order chi connectivity index (χ0) is 10.4. The summed E-state index contributed by atoms with van der Waals surface area (Å²) in [7, 11) is 0. The second-order valence-electron chi connectivity index (χ2n) is 3.02. The second kappa shape index (κ2) is 6.36. The molecular formula is C11H15BrOS. The van der Waals surface area contributed by atoms with E-state index >= 15 is 0 Å². The SMILES string of the molecule is CCOc1ccc(CCCS)cc1Br. The fourth-order valence-electron chi connectivity index (χ4n) is 1.26. The van der Waals surface area contributed by atoms with Crippen molar-refractivity contribution in [2.24, 2.45) is 0 Å². The average molecular weight is 275 g/mol. The van der Waals surface area contributed by atoms with Crippen LogP contribution in [0.25, 0.3) is 0 Å². The van der Waals surface area contributed by atoms with Crippen molar-refractivity contribution in [1.29, 1.82) is 0 Å². The van der Waals surface area contributed by atoms with E-state index in [0.29, 0.717) is 6.61 Å². The van der Waals surface area contributed by atoms with E-state index in [1.165, 1.54) is 5.56 Å². The summed E-state index contributed by atoms with van der Waals surface area (Å²) in [5.41, 5.74) is 1.33. The lowest BCUT2D eigenvalue weighted by atomic mass is 10.1. The van der Waals surface area contributed by atoms with Crippen molar-refractivity contribution in [2.75, 3.05) is 12.4 Å². The van der Waals surface area contributed by atoms with Crippen molar-refractivity contribution in [3.63, 3.8) is 0 Å². The molecule has 0 N–H and O–H groups in total. The predicted octanol–water partition coefficient (Wildman–Crippen LogP) is 3.71. The molecule has 78 valence electrons. The first kappa shape index (κ1) is 11.9. The highest BCUT2D eigenvalue weighted by Crippen LogP contribution is 2.26. The molecule has 1 aromatic rings. The van der Waals surface area contributed by atoms with E-state index in [9.17, 15) is 0 Å². The highest BCUT2D eigenvalue weighted by molar-refractivity contribution is 9.10. The minimum absolute atomic E-state index is 0.703.